The molecule has 3 rings (SSSR count). The molecule has 0 saturated carbocycles. The fraction of sp³-hybridized carbons (Fsp3) is 0.222. The van der Waals surface area contributed by atoms with Crippen molar-refractivity contribution >= 4 is 11.4 Å². The van der Waals surface area contributed by atoms with Crippen LogP contribution in [0.5, 0.6) is 0 Å². The van der Waals surface area contributed by atoms with Crippen LogP contribution in [-0.2, 0) is 13.0 Å². The number of benzene rings is 2. The van der Waals surface area contributed by atoms with Gasteiger partial charge < -0.3 is 10.6 Å². The minimum absolute atomic E-state index is 0.810. The Bertz CT molecular complexity index is 653. The molecule has 0 unspecified atom stereocenters. The molecule has 0 radical (unpaired) electrons. The quantitative estimate of drug-likeness (QED) is 0.825. The number of para-hydroxylation sites is 1. The van der Waals surface area contributed by atoms with Crippen LogP contribution < -0.4 is 10.6 Å². The monoisotopic (exact) mass is 262 g/mol. The van der Waals surface area contributed by atoms with Crippen molar-refractivity contribution in [3.63, 3.8) is 0 Å². The molecule has 2 heteroatoms. The third kappa shape index (κ3) is 2.62. The zero-order valence-electron chi connectivity index (χ0n) is 11.4. The highest BCUT2D eigenvalue weighted by atomic mass is 14.9. The highest BCUT2D eigenvalue weighted by molar-refractivity contribution is 5.60. The third-order valence-electron chi connectivity index (χ3n) is 3.67. The SMILES string of the molecule is C#Cc1cccc(NCc2cccc3c2NCCC3)c1. The summed E-state index contributed by atoms with van der Waals surface area (Å²) in [6.45, 7) is 1.88. The lowest BCUT2D eigenvalue weighted by Crippen LogP contribution is -2.14. The Balaban J connectivity index is 1.77. The summed E-state index contributed by atoms with van der Waals surface area (Å²) in [7, 11) is 0. The van der Waals surface area contributed by atoms with Crippen molar-refractivity contribution in [2.45, 2.75) is 19.4 Å². The van der Waals surface area contributed by atoms with Gasteiger partial charge in [-0.15, -0.1) is 6.42 Å². The number of rotatable bonds is 3. The van der Waals surface area contributed by atoms with Gasteiger partial charge in [-0.1, -0.05) is 30.2 Å². The van der Waals surface area contributed by atoms with E-state index in [9.17, 15) is 0 Å². The molecule has 2 aromatic carbocycles. The second-order valence-electron chi connectivity index (χ2n) is 5.06. The van der Waals surface area contributed by atoms with E-state index in [1.807, 2.05) is 24.3 Å². The maximum absolute atomic E-state index is 5.43. The summed E-state index contributed by atoms with van der Waals surface area (Å²) in [6.07, 6.45) is 7.82. The highest BCUT2D eigenvalue weighted by Crippen LogP contribution is 2.26. The minimum Gasteiger partial charge on any atom is -0.385 e. The molecule has 0 aromatic heterocycles. The highest BCUT2D eigenvalue weighted by Gasteiger charge is 2.11. The summed E-state index contributed by atoms with van der Waals surface area (Å²) in [5, 5.41) is 6.97. The first-order chi connectivity index (χ1) is 9.86. The van der Waals surface area contributed by atoms with Gasteiger partial charge >= 0.3 is 0 Å². The van der Waals surface area contributed by atoms with Crippen molar-refractivity contribution < 1.29 is 0 Å². The molecule has 0 atom stereocenters. The van der Waals surface area contributed by atoms with Gasteiger partial charge in [0.1, 0.15) is 0 Å². The number of fused-ring (bicyclic) bond motifs is 1. The summed E-state index contributed by atoms with van der Waals surface area (Å²) in [5.74, 6) is 2.66. The van der Waals surface area contributed by atoms with E-state index in [2.05, 4.69) is 34.8 Å². The van der Waals surface area contributed by atoms with E-state index >= 15 is 0 Å². The number of nitrogens with one attached hydrogen (secondary N) is 2. The van der Waals surface area contributed by atoms with E-state index in [0.29, 0.717) is 0 Å². The smallest absolute Gasteiger partial charge is 0.0423 e. The molecular formula is C18H18N2. The molecule has 0 bridgehead atoms. The van der Waals surface area contributed by atoms with Crippen LogP contribution in [0.3, 0.4) is 0 Å². The Morgan fingerprint density at radius 3 is 3.00 bits per heavy atom. The van der Waals surface area contributed by atoms with Crippen LogP contribution in [0.25, 0.3) is 0 Å². The van der Waals surface area contributed by atoms with Gasteiger partial charge in [-0.3, -0.25) is 0 Å². The van der Waals surface area contributed by atoms with Crippen LogP contribution >= 0.6 is 0 Å². The molecule has 0 fully saturated rings. The van der Waals surface area contributed by atoms with Crippen LogP contribution in [-0.4, -0.2) is 6.54 Å². The van der Waals surface area contributed by atoms with Crippen LogP contribution in [0.1, 0.15) is 23.1 Å². The number of hydrogen-bond acceptors (Lipinski definition) is 2. The summed E-state index contributed by atoms with van der Waals surface area (Å²) < 4.78 is 0. The Morgan fingerprint density at radius 1 is 1.20 bits per heavy atom. The number of anilines is 2. The Kier molecular flexibility index (Phi) is 3.60. The maximum atomic E-state index is 5.43. The largest absolute Gasteiger partial charge is 0.385 e. The van der Waals surface area contributed by atoms with Crippen molar-refractivity contribution in [3.8, 4) is 12.3 Å². The van der Waals surface area contributed by atoms with Gasteiger partial charge in [0.25, 0.3) is 0 Å². The number of hydrogen-bond donors (Lipinski definition) is 2. The van der Waals surface area contributed by atoms with Crippen molar-refractivity contribution in [2.75, 3.05) is 17.2 Å². The summed E-state index contributed by atoms with van der Waals surface area (Å²) in [6, 6.07) is 14.5. The van der Waals surface area contributed by atoms with Gasteiger partial charge in [0.05, 0.1) is 0 Å². The van der Waals surface area contributed by atoms with E-state index in [1.165, 1.54) is 29.7 Å². The Hall–Kier alpha value is -2.40. The van der Waals surface area contributed by atoms with Gasteiger partial charge in [0.2, 0.25) is 0 Å². The van der Waals surface area contributed by atoms with Crippen molar-refractivity contribution in [1.29, 1.82) is 0 Å². The number of terminal acetylenes is 1. The molecule has 0 spiro atoms. The van der Waals surface area contributed by atoms with E-state index in [0.717, 1.165) is 24.3 Å². The fourth-order valence-electron chi connectivity index (χ4n) is 2.64. The van der Waals surface area contributed by atoms with Crippen LogP contribution in [0, 0.1) is 12.3 Å². The van der Waals surface area contributed by atoms with E-state index in [-0.39, 0.29) is 0 Å². The summed E-state index contributed by atoms with van der Waals surface area (Å²) in [4.78, 5) is 0. The van der Waals surface area contributed by atoms with Gasteiger partial charge in [0.15, 0.2) is 0 Å². The molecule has 1 aliphatic rings. The lowest BCUT2D eigenvalue weighted by molar-refractivity contribution is 0.825. The van der Waals surface area contributed by atoms with Gasteiger partial charge in [-0.05, 0) is 42.2 Å². The molecule has 1 aliphatic heterocycles. The lowest BCUT2D eigenvalue weighted by atomic mass is 9.99. The summed E-state index contributed by atoms with van der Waals surface area (Å²) >= 11 is 0. The van der Waals surface area contributed by atoms with Crippen LogP contribution in [0.2, 0.25) is 0 Å². The first-order valence-corrected chi connectivity index (χ1v) is 7.02. The van der Waals surface area contributed by atoms with Crippen molar-refractivity contribution in [3.05, 3.63) is 59.2 Å². The predicted octanol–water partition coefficient (Wildman–Crippen LogP) is 3.64. The molecule has 20 heavy (non-hydrogen) atoms. The molecular weight excluding hydrogens is 244 g/mol. The Labute approximate surface area is 120 Å². The van der Waals surface area contributed by atoms with Crippen molar-refractivity contribution in [1.82, 2.24) is 0 Å². The molecule has 1 heterocycles. The predicted molar refractivity (Wildman–Crippen MR) is 85.0 cm³/mol. The standard InChI is InChI=1S/C18H18N2/c1-2-14-6-3-10-17(12-14)20-13-16-8-4-7-15-9-5-11-19-18(15)16/h1,3-4,6-8,10,12,19-20H,5,9,11,13H2. The first kappa shape index (κ1) is 12.6. The zero-order chi connectivity index (χ0) is 13.8. The second kappa shape index (κ2) is 5.71. The lowest BCUT2D eigenvalue weighted by Gasteiger charge is -2.21. The van der Waals surface area contributed by atoms with Gasteiger partial charge in [0, 0.05) is 30.0 Å². The molecule has 2 nitrogen and oxygen atoms in total. The van der Waals surface area contributed by atoms with Gasteiger partial charge in [-0.25, -0.2) is 0 Å². The summed E-state index contributed by atoms with van der Waals surface area (Å²) in [5.41, 5.74) is 6.01. The van der Waals surface area contributed by atoms with E-state index in [4.69, 9.17) is 6.42 Å². The fourth-order valence-corrected chi connectivity index (χ4v) is 2.64. The normalized spacial score (nSPS) is 12.9. The van der Waals surface area contributed by atoms with E-state index < -0.39 is 0 Å². The maximum Gasteiger partial charge on any atom is 0.0423 e. The molecule has 0 saturated heterocycles. The molecule has 0 amide bonds. The molecule has 100 valence electrons. The zero-order valence-corrected chi connectivity index (χ0v) is 11.4. The van der Waals surface area contributed by atoms with Gasteiger partial charge in [-0.2, -0.15) is 0 Å². The Morgan fingerprint density at radius 2 is 2.10 bits per heavy atom. The molecule has 2 aromatic rings. The van der Waals surface area contributed by atoms with Crippen LogP contribution in [0.15, 0.2) is 42.5 Å². The second-order valence-corrected chi connectivity index (χ2v) is 5.06. The molecule has 2 N–H and O–H groups in total. The minimum atomic E-state index is 0.810. The van der Waals surface area contributed by atoms with Crippen molar-refractivity contribution in [2.24, 2.45) is 0 Å². The third-order valence-corrected chi connectivity index (χ3v) is 3.67. The first-order valence-electron chi connectivity index (χ1n) is 7.02. The number of aryl methyl sites for hydroxylation is 1. The van der Waals surface area contributed by atoms with E-state index in [1.54, 1.807) is 0 Å². The topological polar surface area (TPSA) is 24.1 Å². The average Bonchev–Trinajstić information content (AvgIpc) is 2.53. The van der Waals surface area contributed by atoms with Crippen LogP contribution in [0.4, 0.5) is 11.4 Å². The average molecular weight is 262 g/mol. The molecule has 0 aliphatic carbocycles.